The summed E-state index contributed by atoms with van der Waals surface area (Å²) in [5.74, 6) is 0.492. The standard InChI is InChI=1S/C29H33F3N6O4/c1-28(19-37-18-26(38(39)40)33-27(37)42-28)20-41-25-8-6-23(7-9-25)34-12-10-24(11-13-34)36-16-14-35(15-17-36)22-4-2-21(3-5-22)29(30,31)32/h2-9,18,24H,10-17,19-20H2,1H3/t28-/m0/s1. The van der Waals surface area contributed by atoms with E-state index in [9.17, 15) is 23.3 Å². The molecular formula is C29H33F3N6O4. The lowest BCUT2D eigenvalue weighted by Crippen LogP contribution is -2.53. The van der Waals surface area contributed by atoms with E-state index in [2.05, 4.69) is 31.8 Å². The fourth-order valence-electron chi connectivity index (χ4n) is 6.04. The molecule has 0 bridgehead atoms. The van der Waals surface area contributed by atoms with Crippen LogP contribution in [0.15, 0.2) is 54.7 Å². The zero-order chi connectivity index (χ0) is 29.5. The van der Waals surface area contributed by atoms with E-state index in [0.29, 0.717) is 12.6 Å². The summed E-state index contributed by atoms with van der Waals surface area (Å²) in [5, 5.41) is 10.9. The van der Waals surface area contributed by atoms with Gasteiger partial charge in [-0.3, -0.25) is 9.47 Å². The molecule has 1 atom stereocenters. The highest BCUT2D eigenvalue weighted by atomic mass is 19.4. The number of alkyl halides is 3. The minimum Gasteiger partial charge on any atom is -0.489 e. The summed E-state index contributed by atoms with van der Waals surface area (Å²) in [5.41, 5.74) is 0.704. The van der Waals surface area contributed by atoms with Gasteiger partial charge in [-0.25, -0.2) is 0 Å². The van der Waals surface area contributed by atoms with E-state index in [1.54, 1.807) is 16.7 Å². The molecule has 2 saturated heterocycles. The van der Waals surface area contributed by atoms with Crippen molar-refractivity contribution in [2.45, 2.75) is 44.1 Å². The summed E-state index contributed by atoms with van der Waals surface area (Å²) in [6, 6.07) is 14.2. The van der Waals surface area contributed by atoms with Gasteiger partial charge in [0.25, 0.3) is 0 Å². The van der Waals surface area contributed by atoms with E-state index >= 15 is 0 Å². The van der Waals surface area contributed by atoms with Crippen LogP contribution >= 0.6 is 0 Å². The molecule has 6 rings (SSSR count). The Morgan fingerprint density at radius 2 is 1.57 bits per heavy atom. The van der Waals surface area contributed by atoms with Crippen molar-refractivity contribution in [2.24, 2.45) is 0 Å². The van der Waals surface area contributed by atoms with Gasteiger partial charge in [0.1, 0.15) is 18.6 Å². The number of hydrogen-bond acceptors (Lipinski definition) is 8. The number of halogens is 3. The number of nitro groups is 1. The summed E-state index contributed by atoms with van der Waals surface area (Å²) in [7, 11) is 0. The summed E-state index contributed by atoms with van der Waals surface area (Å²) < 4.78 is 52.1. The molecule has 3 aromatic rings. The van der Waals surface area contributed by atoms with Gasteiger partial charge in [0.05, 0.1) is 12.1 Å². The van der Waals surface area contributed by atoms with E-state index in [0.717, 1.165) is 81.4 Å². The second kappa shape index (κ2) is 11.0. The van der Waals surface area contributed by atoms with Crippen molar-refractivity contribution in [3.63, 3.8) is 0 Å². The topological polar surface area (TPSA) is 89.1 Å². The highest BCUT2D eigenvalue weighted by molar-refractivity contribution is 5.50. The monoisotopic (exact) mass is 586 g/mol. The number of rotatable bonds is 7. The highest BCUT2D eigenvalue weighted by Crippen LogP contribution is 2.33. The number of piperazine rings is 1. The van der Waals surface area contributed by atoms with Gasteiger partial charge in [-0.05, 0) is 73.2 Å². The molecule has 0 saturated carbocycles. The van der Waals surface area contributed by atoms with Crippen LogP contribution in [0.3, 0.4) is 0 Å². The van der Waals surface area contributed by atoms with E-state index in [4.69, 9.17) is 9.47 Å². The minimum atomic E-state index is -4.31. The second-order valence-electron chi connectivity index (χ2n) is 11.4. The smallest absolute Gasteiger partial charge is 0.416 e. The van der Waals surface area contributed by atoms with Gasteiger partial charge in [-0.2, -0.15) is 13.2 Å². The van der Waals surface area contributed by atoms with Crippen LogP contribution in [0.25, 0.3) is 0 Å². The lowest BCUT2D eigenvalue weighted by molar-refractivity contribution is -0.389. The number of fused-ring (bicyclic) bond motifs is 1. The largest absolute Gasteiger partial charge is 0.489 e. The maximum Gasteiger partial charge on any atom is 0.416 e. The molecule has 0 unspecified atom stereocenters. The number of nitrogens with zero attached hydrogens (tertiary/aromatic N) is 6. The molecule has 0 N–H and O–H groups in total. The molecule has 2 aromatic carbocycles. The SMILES string of the molecule is C[C@@]1(COc2ccc(N3CCC(N4CCN(c5ccc(C(F)(F)F)cc5)CC4)CC3)cc2)Cn2cc([N+](=O)[O-])nc2O1. The zero-order valence-electron chi connectivity index (χ0n) is 23.3. The summed E-state index contributed by atoms with van der Waals surface area (Å²) in [6.45, 7) is 7.90. The fraction of sp³-hybridized carbons (Fsp3) is 0.483. The molecule has 3 aliphatic heterocycles. The highest BCUT2D eigenvalue weighted by Gasteiger charge is 2.41. The number of benzene rings is 2. The van der Waals surface area contributed by atoms with E-state index in [1.807, 2.05) is 19.1 Å². The Labute approximate surface area is 241 Å². The van der Waals surface area contributed by atoms with Gasteiger partial charge in [0.2, 0.25) is 0 Å². The molecule has 2 fully saturated rings. The Kier molecular flexibility index (Phi) is 7.37. The zero-order valence-corrected chi connectivity index (χ0v) is 23.3. The average Bonchev–Trinajstić information content (AvgIpc) is 3.52. The maximum atomic E-state index is 12.9. The number of anilines is 2. The number of ether oxygens (including phenoxy) is 2. The Morgan fingerprint density at radius 1 is 0.976 bits per heavy atom. The molecule has 0 aliphatic carbocycles. The molecule has 3 aliphatic rings. The van der Waals surface area contributed by atoms with Crippen molar-refractivity contribution in [3.8, 4) is 11.8 Å². The van der Waals surface area contributed by atoms with Crippen molar-refractivity contribution < 1.29 is 27.6 Å². The van der Waals surface area contributed by atoms with Crippen molar-refractivity contribution >= 4 is 17.2 Å². The third-order valence-corrected chi connectivity index (χ3v) is 8.36. The molecule has 1 aromatic heterocycles. The molecule has 13 heteroatoms. The lowest BCUT2D eigenvalue weighted by atomic mass is 10.0. The lowest BCUT2D eigenvalue weighted by Gasteiger charge is -2.43. The van der Waals surface area contributed by atoms with Crippen LogP contribution in [0.4, 0.5) is 30.4 Å². The van der Waals surface area contributed by atoms with E-state index < -0.39 is 22.3 Å². The van der Waals surface area contributed by atoms with Gasteiger partial charge in [-0.1, -0.05) is 0 Å². The summed E-state index contributed by atoms with van der Waals surface area (Å²) in [4.78, 5) is 21.3. The van der Waals surface area contributed by atoms with Crippen LogP contribution in [0.5, 0.6) is 11.8 Å². The first-order chi connectivity index (χ1) is 20.1. The van der Waals surface area contributed by atoms with E-state index in [-0.39, 0.29) is 18.4 Å². The quantitative estimate of drug-likeness (QED) is 0.287. The fourth-order valence-corrected chi connectivity index (χ4v) is 6.04. The second-order valence-corrected chi connectivity index (χ2v) is 11.4. The third-order valence-electron chi connectivity index (χ3n) is 8.36. The maximum absolute atomic E-state index is 12.9. The van der Waals surface area contributed by atoms with E-state index in [1.165, 1.54) is 6.20 Å². The molecule has 0 spiro atoms. The molecule has 0 radical (unpaired) electrons. The van der Waals surface area contributed by atoms with Crippen molar-refractivity contribution in [1.82, 2.24) is 14.5 Å². The van der Waals surface area contributed by atoms with Gasteiger partial charge in [0.15, 0.2) is 5.60 Å². The molecule has 42 heavy (non-hydrogen) atoms. The normalized spacial score (nSPS) is 21.7. The van der Waals surface area contributed by atoms with Crippen LogP contribution in [0.1, 0.15) is 25.3 Å². The first kappa shape index (κ1) is 28.1. The first-order valence-electron chi connectivity index (χ1n) is 14.1. The van der Waals surface area contributed by atoms with Crippen LogP contribution in [0, 0.1) is 10.1 Å². The number of piperidine rings is 1. The average molecular weight is 587 g/mol. The Balaban J connectivity index is 0.943. The van der Waals surface area contributed by atoms with Crippen molar-refractivity contribution in [2.75, 3.05) is 55.7 Å². The Hall–Kier alpha value is -4.00. The van der Waals surface area contributed by atoms with Crippen LogP contribution in [-0.4, -0.2) is 76.9 Å². The van der Waals surface area contributed by atoms with Crippen molar-refractivity contribution in [1.29, 1.82) is 0 Å². The van der Waals surface area contributed by atoms with Crippen LogP contribution in [0.2, 0.25) is 0 Å². The minimum absolute atomic E-state index is 0.229. The van der Waals surface area contributed by atoms with Gasteiger partial charge >= 0.3 is 18.0 Å². The van der Waals surface area contributed by atoms with Gasteiger partial charge < -0.3 is 29.4 Å². The number of imidazole rings is 1. The first-order valence-corrected chi connectivity index (χ1v) is 14.1. The number of aromatic nitrogens is 2. The predicted octanol–water partition coefficient (Wildman–Crippen LogP) is 4.83. The van der Waals surface area contributed by atoms with Gasteiger partial charge in [-0.15, -0.1) is 0 Å². The van der Waals surface area contributed by atoms with Crippen LogP contribution < -0.4 is 19.3 Å². The van der Waals surface area contributed by atoms with Gasteiger partial charge in [0, 0.05) is 61.7 Å². The molecule has 0 amide bonds. The van der Waals surface area contributed by atoms with Crippen LogP contribution in [-0.2, 0) is 12.7 Å². The summed E-state index contributed by atoms with van der Waals surface area (Å²) >= 11 is 0. The molecular weight excluding hydrogens is 553 g/mol. The Bertz CT molecular complexity index is 1370. The number of hydrogen-bond donors (Lipinski definition) is 0. The molecule has 4 heterocycles. The predicted molar refractivity (Wildman–Crippen MR) is 150 cm³/mol. The molecule has 10 nitrogen and oxygen atoms in total. The Morgan fingerprint density at radius 3 is 2.14 bits per heavy atom. The van der Waals surface area contributed by atoms with Crippen molar-refractivity contribution in [3.05, 3.63) is 70.4 Å². The third kappa shape index (κ3) is 5.96. The summed E-state index contributed by atoms with van der Waals surface area (Å²) in [6.07, 6.45) is -0.822. The molecule has 224 valence electrons.